The van der Waals surface area contributed by atoms with Gasteiger partial charge < -0.3 is 4.90 Å². The number of anilines is 1. The molecule has 1 aliphatic carbocycles. The molecule has 1 aromatic rings. The number of alkyl halides is 1. The van der Waals surface area contributed by atoms with E-state index >= 15 is 0 Å². The number of hydrogen-bond acceptors (Lipinski definition) is 3. The fourth-order valence-corrected chi connectivity index (χ4v) is 2.62. The molecule has 17 heavy (non-hydrogen) atoms. The van der Waals surface area contributed by atoms with Crippen molar-refractivity contribution in [1.82, 2.24) is 10.2 Å². The lowest BCUT2D eigenvalue weighted by Gasteiger charge is -2.27. The minimum absolute atomic E-state index is 0.430. The van der Waals surface area contributed by atoms with E-state index in [1.54, 1.807) is 0 Å². The number of halogens is 1. The van der Waals surface area contributed by atoms with E-state index in [1.807, 2.05) is 12.1 Å². The minimum atomic E-state index is 0.430. The van der Waals surface area contributed by atoms with Crippen molar-refractivity contribution in [3.8, 4) is 0 Å². The van der Waals surface area contributed by atoms with Gasteiger partial charge in [0.05, 0.1) is 11.6 Å². The predicted octanol–water partition coefficient (Wildman–Crippen LogP) is 3.23. The summed E-state index contributed by atoms with van der Waals surface area (Å²) in [7, 11) is 2.10. The molecule has 0 aromatic carbocycles. The van der Waals surface area contributed by atoms with Crippen LogP contribution in [-0.2, 0) is 5.88 Å². The Morgan fingerprint density at radius 2 is 2.00 bits per heavy atom. The highest BCUT2D eigenvalue weighted by molar-refractivity contribution is 6.16. The van der Waals surface area contributed by atoms with Crippen molar-refractivity contribution in [3.05, 3.63) is 17.8 Å². The van der Waals surface area contributed by atoms with Crippen molar-refractivity contribution in [2.45, 2.75) is 38.0 Å². The Bertz CT molecular complexity index is 333. The normalized spacial score (nSPS) is 17.1. The van der Waals surface area contributed by atoms with Gasteiger partial charge in [0.15, 0.2) is 5.82 Å². The van der Waals surface area contributed by atoms with Crippen LogP contribution in [-0.4, -0.2) is 23.8 Å². The highest BCUT2D eigenvalue weighted by Crippen LogP contribution is 2.25. The first kappa shape index (κ1) is 12.6. The molecule has 1 heterocycles. The molecule has 0 N–H and O–H groups in total. The lowest BCUT2D eigenvalue weighted by atomic mass is 9.89. The smallest absolute Gasteiger partial charge is 0.150 e. The van der Waals surface area contributed by atoms with Crippen molar-refractivity contribution >= 4 is 17.4 Å². The highest BCUT2D eigenvalue weighted by Gasteiger charge is 2.16. The van der Waals surface area contributed by atoms with E-state index in [-0.39, 0.29) is 0 Å². The van der Waals surface area contributed by atoms with Gasteiger partial charge in [-0.2, -0.15) is 5.10 Å². The highest BCUT2D eigenvalue weighted by atomic mass is 35.5. The molecule has 94 valence electrons. The van der Waals surface area contributed by atoms with Crippen LogP contribution in [0.4, 0.5) is 5.82 Å². The molecule has 1 aromatic heterocycles. The third-order valence-electron chi connectivity index (χ3n) is 3.49. The number of hydrogen-bond donors (Lipinski definition) is 0. The third kappa shape index (κ3) is 3.56. The van der Waals surface area contributed by atoms with Crippen LogP contribution >= 0.6 is 11.6 Å². The van der Waals surface area contributed by atoms with Gasteiger partial charge in [0.2, 0.25) is 0 Å². The predicted molar refractivity (Wildman–Crippen MR) is 71.4 cm³/mol. The van der Waals surface area contributed by atoms with Crippen LogP contribution in [0.25, 0.3) is 0 Å². The Hall–Kier alpha value is -0.830. The first-order valence-corrected chi connectivity index (χ1v) is 6.93. The molecule has 3 nitrogen and oxygen atoms in total. The van der Waals surface area contributed by atoms with Gasteiger partial charge >= 0.3 is 0 Å². The molecule has 0 amide bonds. The number of rotatable bonds is 4. The molecule has 0 unspecified atom stereocenters. The molecule has 0 radical (unpaired) electrons. The molecule has 0 aliphatic heterocycles. The summed E-state index contributed by atoms with van der Waals surface area (Å²) >= 11 is 5.70. The average molecular weight is 254 g/mol. The Balaban J connectivity index is 1.91. The molecule has 0 bridgehead atoms. The molecule has 0 saturated heterocycles. The van der Waals surface area contributed by atoms with Gasteiger partial charge in [-0.25, -0.2) is 0 Å². The number of nitrogens with zero attached hydrogens (tertiary/aromatic N) is 3. The molecule has 1 saturated carbocycles. The maximum Gasteiger partial charge on any atom is 0.150 e. The van der Waals surface area contributed by atoms with E-state index < -0.39 is 0 Å². The summed E-state index contributed by atoms with van der Waals surface area (Å²) < 4.78 is 0. The summed E-state index contributed by atoms with van der Waals surface area (Å²) in [6, 6.07) is 3.96. The fraction of sp³-hybridized carbons (Fsp3) is 0.692. The van der Waals surface area contributed by atoms with E-state index in [1.165, 1.54) is 32.1 Å². The standard InChI is InChI=1S/C13H20ClN3/c1-17(10-11-5-3-2-4-6-11)13-8-7-12(9-14)15-16-13/h7-8,11H,2-6,9-10H2,1H3. The van der Waals surface area contributed by atoms with Crippen molar-refractivity contribution in [3.63, 3.8) is 0 Å². The fourth-order valence-electron chi connectivity index (χ4n) is 2.48. The maximum absolute atomic E-state index is 5.70. The second-order valence-electron chi connectivity index (χ2n) is 4.90. The third-order valence-corrected chi connectivity index (χ3v) is 3.76. The molecular formula is C13H20ClN3. The van der Waals surface area contributed by atoms with E-state index in [0.717, 1.165) is 24.0 Å². The first-order valence-electron chi connectivity index (χ1n) is 6.39. The van der Waals surface area contributed by atoms with Gasteiger partial charge in [0.25, 0.3) is 0 Å². The van der Waals surface area contributed by atoms with Crippen molar-refractivity contribution < 1.29 is 0 Å². The first-order chi connectivity index (χ1) is 8.29. The number of aromatic nitrogens is 2. The van der Waals surface area contributed by atoms with Crippen molar-refractivity contribution in [2.75, 3.05) is 18.5 Å². The maximum atomic E-state index is 5.70. The summed E-state index contributed by atoms with van der Waals surface area (Å²) in [5, 5.41) is 8.29. The van der Waals surface area contributed by atoms with Gasteiger partial charge in [0.1, 0.15) is 0 Å². The summed E-state index contributed by atoms with van der Waals surface area (Å²) in [4.78, 5) is 2.21. The summed E-state index contributed by atoms with van der Waals surface area (Å²) in [6.07, 6.45) is 6.89. The topological polar surface area (TPSA) is 29.0 Å². The molecule has 1 fully saturated rings. The van der Waals surface area contributed by atoms with Crippen LogP contribution < -0.4 is 4.90 Å². The van der Waals surface area contributed by atoms with Crippen LogP contribution in [0.15, 0.2) is 12.1 Å². The van der Waals surface area contributed by atoms with E-state index in [2.05, 4.69) is 22.1 Å². The lowest BCUT2D eigenvalue weighted by Crippen LogP contribution is -2.27. The van der Waals surface area contributed by atoms with Gasteiger partial charge in [-0.3, -0.25) is 0 Å². The van der Waals surface area contributed by atoms with Crippen molar-refractivity contribution in [2.24, 2.45) is 5.92 Å². The van der Waals surface area contributed by atoms with E-state index in [0.29, 0.717) is 5.88 Å². The van der Waals surface area contributed by atoms with Crippen LogP contribution in [0.5, 0.6) is 0 Å². The zero-order valence-electron chi connectivity index (χ0n) is 10.4. The Morgan fingerprint density at radius 3 is 2.59 bits per heavy atom. The van der Waals surface area contributed by atoms with Gasteiger partial charge in [-0.05, 0) is 30.9 Å². The molecule has 0 spiro atoms. The molecule has 1 aliphatic rings. The van der Waals surface area contributed by atoms with E-state index in [4.69, 9.17) is 11.6 Å². The molecule has 4 heteroatoms. The van der Waals surface area contributed by atoms with Gasteiger partial charge in [0, 0.05) is 13.6 Å². The van der Waals surface area contributed by atoms with Crippen LogP contribution in [0.2, 0.25) is 0 Å². The van der Waals surface area contributed by atoms with Gasteiger partial charge in [-0.1, -0.05) is 19.3 Å². The molecule has 0 atom stereocenters. The van der Waals surface area contributed by atoms with Gasteiger partial charge in [-0.15, -0.1) is 16.7 Å². The summed E-state index contributed by atoms with van der Waals surface area (Å²) in [5.74, 6) is 2.20. The Morgan fingerprint density at radius 1 is 1.24 bits per heavy atom. The van der Waals surface area contributed by atoms with E-state index in [9.17, 15) is 0 Å². The molecule has 2 rings (SSSR count). The second kappa shape index (κ2) is 6.20. The monoisotopic (exact) mass is 253 g/mol. The van der Waals surface area contributed by atoms with Crippen molar-refractivity contribution in [1.29, 1.82) is 0 Å². The zero-order chi connectivity index (χ0) is 12.1. The van der Waals surface area contributed by atoms with Crippen LogP contribution in [0.3, 0.4) is 0 Å². The summed E-state index contributed by atoms with van der Waals surface area (Å²) in [5.41, 5.74) is 0.835. The second-order valence-corrected chi connectivity index (χ2v) is 5.17. The Kier molecular flexibility index (Phi) is 4.60. The molecular weight excluding hydrogens is 234 g/mol. The Labute approximate surface area is 108 Å². The average Bonchev–Trinajstić information content (AvgIpc) is 2.40. The van der Waals surface area contributed by atoms with Crippen LogP contribution in [0, 0.1) is 5.92 Å². The zero-order valence-corrected chi connectivity index (χ0v) is 11.2. The largest absolute Gasteiger partial charge is 0.358 e. The lowest BCUT2D eigenvalue weighted by molar-refractivity contribution is 0.361. The quantitative estimate of drug-likeness (QED) is 0.772. The summed E-state index contributed by atoms with van der Waals surface area (Å²) in [6.45, 7) is 1.09. The SMILES string of the molecule is CN(CC1CCCCC1)c1ccc(CCl)nn1. The minimum Gasteiger partial charge on any atom is -0.358 e. The van der Waals surface area contributed by atoms with Crippen LogP contribution in [0.1, 0.15) is 37.8 Å².